The number of nitrogens with zero attached hydrogens (tertiary/aromatic N) is 2. The summed E-state index contributed by atoms with van der Waals surface area (Å²) in [6.45, 7) is 0.373. The molecular weight excluding hydrogens is 471 g/mol. The first kappa shape index (κ1) is 22.1. The van der Waals surface area contributed by atoms with Crippen LogP contribution in [0.2, 0.25) is 0 Å². The highest BCUT2D eigenvalue weighted by Crippen LogP contribution is 2.41. The number of benzene rings is 1. The van der Waals surface area contributed by atoms with Gasteiger partial charge in [-0.3, -0.25) is 19.4 Å². The van der Waals surface area contributed by atoms with Gasteiger partial charge in [0.25, 0.3) is 0 Å². The third kappa shape index (κ3) is 4.18. The molecule has 0 saturated carbocycles. The Bertz CT molecular complexity index is 1180. The minimum absolute atomic E-state index is 0.0663. The molecule has 3 aromatic rings. The first-order chi connectivity index (χ1) is 15.8. The van der Waals surface area contributed by atoms with Crippen LogP contribution in [0.15, 0.2) is 53.2 Å². The fourth-order valence-electron chi connectivity index (χ4n) is 4.56. The van der Waals surface area contributed by atoms with Gasteiger partial charge in [-0.15, -0.1) is 22.7 Å². The summed E-state index contributed by atoms with van der Waals surface area (Å²) < 4.78 is 42.1. The smallest absolute Gasteiger partial charge is 0.324 e. The molecule has 2 aromatic heterocycles. The second-order valence-corrected chi connectivity index (χ2v) is 10.0. The molecule has 10 heteroatoms. The predicted octanol–water partition coefficient (Wildman–Crippen LogP) is 5.06. The van der Waals surface area contributed by atoms with Gasteiger partial charge in [-0.25, -0.2) is 0 Å². The zero-order valence-corrected chi connectivity index (χ0v) is 19.0. The molecule has 2 aliphatic rings. The second kappa shape index (κ2) is 8.58. The van der Waals surface area contributed by atoms with E-state index in [-0.39, 0.29) is 24.0 Å². The first-order valence-corrected chi connectivity index (χ1v) is 12.2. The molecule has 172 valence electrons. The molecule has 0 spiro atoms. The molecule has 0 fully saturated rings. The van der Waals surface area contributed by atoms with Crippen molar-refractivity contribution in [2.24, 2.45) is 0 Å². The number of halogens is 3. The van der Waals surface area contributed by atoms with Crippen LogP contribution in [-0.2, 0) is 16.0 Å². The minimum atomic E-state index is -4.75. The highest BCUT2D eigenvalue weighted by molar-refractivity contribution is 7.10. The van der Waals surface area contributed by atoms with E-state index < -0.39 is 30.5 Å². The lowest BCUT2D eigenvalue weighted by Crippen LogP contribution is -2.53. The van der Waals surface area contributed by atoms with E-state index in [1.165, 1.54) is 17.0 Å². The number of nitrogens with one attached hydrogen (secondary N) is 1. The number of fused-ring (bicyclic) bond motifs is 2. The molecule has 5 rings (SSSR count). The van der Waals surface area contributed by atoms with Gasteiger partial charge in [-0.1, -0.05) is 18.2 Å². The van der Waals surface area contributed by atoms with Crippen molar-refractivity contribution in [3.05, 3.63) is 68.5 Å². The van der Waals surface area contributed by atoms with Crippen molar-refractivity contribution < 1.29 is 22.8 Å². The molecule has 0 aliphatic carbocycles. The highest BCUT2D eigenvalue weighted by atomic mass is 32.1. The standard InChI is InChI=1S/C23H20F3N3O2S2/c24-23(25,26)19-12-20(30)27-15-4-1-2-5-16(15)29(19)21(31)13-28-9-7-17-14(8-11-33-17)22(28)18-6-3-10-32-18/h1-6,8,10-11,19,22H,7,9,12-13H2,(H,27,30)/t19-,22+/m1/s1. The molecule has 2 atom stereocenters. The Hall–Kier alpha value is -2.69. The molecule has 0 radical (unpaired) electrons. The molecule has 33 heavy (non-hydrogen) atoms. The number of alkyl halides is 3. The summed E-state index contributed by atoms with van der Waals surface area (Å²) in [7, 11) is 0. The second-order valence-electron chi connectivity index (χ2n) is 8.03. The Labute approximate surface area is 196 Å². The van der Waals surface area contributed by atoms with Gasteiger partial charge in [0.1, 0.15) is 6.04 Å². The lowest BCUT2D eigenvalue weighted by Gasteiger charge is -2.38. The molecule has 2 aliphatic heterocycles. The summed E-state index contributed by atoms with van der Waals surface area (Å²) in [4.78, 5) is 30.8. The van der Waals surface area contributed by atoms with Crippen LogP contribution < -0.4 is 10.2 Å². The predicted molar refractivity (Wildman–Crippen MR) is 123 cm³/mol. The zero-order valence-electron chi connectivity index (χ0n) is 17.3. The van der Waals surface area contributed by atoms with E-state index in [9.17, 15) is 22.8 Å². The van der Waals surface area contributed by atoms with E-state index >= 15 is 0 Å². The van der Waals surface area contributed by atoms with Crippen LogP contribution in [0.1, 0.15) is 27.8 Å². The number of carbonyl (C=O) groups is 2. The molecule has 4 heterocycles. The number of amides is 2. The van der Waals surface area contributed by atoms with Crippen molar-refractivity contribution in [3.63, 3.8) is 0 Å². The maximum absolute atomic E-state index is 14.0. The van der Waals surface area contributed by atoms with Crippen molar-refractivity contribution in [2.75, 3.05) is 23.3 Å². The van der Waals surface area contributed by atoms with Crippen LogP contribution in [0.25, 0.3) is 0 Å². The largest absolute Gasteiger partial charge is 0.409 e. The summed E-state index contributed by atoms with van der Waals surface area (Å²) in [6.07, 6.45) is -4.85. The maximum atomic E-state index is 14.0. The van der Waals surface area contributed by atoms with Crippen LogP contribution >= 0.6 is 22.7 Å². The van der Waals surface area contributed by atoms with Crippen LogP contribution in [0.4, 0.5) is 24.5 Å². The maximum Gasteiger partial charge on any atom is 0.409 e. The van der Waals surface area contributed by atoms with E-state index in [0.717, 1.165) is 21.8 Å². The monoisotopic (exact) mass is 491 g/mol. The third-order valence-electron chi connectivity index (χ3n) is 5.99. The Balaban J connectivity index is 1.52. The molecule has 1 N–H and O–H groups in total. The van der Waals surface area contributed by atoms with E-state index in [4.69, 9.17) is 0 Å². The Kier molecular flexibility index (Phi) is 5.75. The average molecular weight is 492 g/mol. The number of anilines is 2. The Morgan fingerprint density at radius 2 is 1.91 bits per heavy atom. The van der Waals surface area contributed by atoms with Crippen LogP contribution in [0.5, 0.6) is 0 Å². The van der Waals surface area contributed by atoms with Crippen molar-refractivity contribution in [3.8, 4) is 0 Å². The minimum Gasteiger partial charge on any atom is -0.324 e. The van der Waals surface area contributed by atoms with Crippen molar-refractivity contribution in [1.82, 2.24) is 4.90 Å². The summed E-state index contributed by atoms with van der Waals surface area (Å²) >= 11 is 3.22. The summed E-state index contributed by atoms with van der Waals surface area (Å²) in [5.74, 6) is -1.45. The lowest BCUT2D eigenvalue weighted by atomic mass is 9.98. The topological polar surface area (TPSA) is 52.7 Å². The molecular formula is C23H20F3N3O2S2. The number of rotatable bonds is 3. The molecule has 1 aromatic carbocycles. The van der Waals surface area contributed by atoms with Crippen LogP contribution in [0.3, 0.4) is 0 Å². The van der Waals surface area contributed by atoms with Gasteiger partial charge in [0.05, 0.1) is 30.4 Å². The van der Waals surface area contributed by atoms with Gasteiger partial charge >= 0.3 is 6.18 Å². The zero-order chi connectivity index (χ0) is 23.2. The van der Waals surface area contributed by atoms with Gasteiger partial charge in [0.15, 0.2) is 0 Å². The van der Waals surface area contributed by atoms with Crippen molar-refractivity contribution in [1.29, 1.82) is 0 Å². The number of para-hydroxylation sites is 2. The number of carbonyl (C=O) groups excluding carboxylic acids is 2. The molecule has 0 saturated heterocycles. The Morgan fingerprint density at radius 3 is 2.67 bits per heavy atom. The van der Waals surface area contributed by atoms with E-state index in [2.05, 4.69) is 5.32 Å². The van der Waals surface area contributed by atoms with Gasteiger partial charge in [-0.2, -0.15) is 13.2 Å². The summed E-state index contributed by atoms with van der Waals surface area (Å²) in [5, 5.41) is 6.48. The van der Waals surface area contributed by atoms with E-state index in [1.54, 1.807) is 34.8 Å². The van der Waals surface area contributed by atoms with Gasteiger partial charge in [0.2, 0.25) is 11.8 Å². The summed E-state index contributed by atoms with van der Waals surface area (Å²) in [6, 6.07) is 9.68. The quantitative estimate of drug-likeness (QED) is 0.557. The van der Waals surface area contributed by atoms with Gasteiger partial charge in [0, 0.05) is 16.3 Å². The van der Waals surface area contributed by atoms with Crippen molar-refractivity contribution >= 4 is 45.9 Å². The highest BCUT2D eigenvalue weighted by Gasteiger charge is 2.49. The first-order valence-electron chi connectivity index (χ1n) is 10.4. The lowest BCUT2D eigenvalue weighted by molar-refractivity contribution is -0.158. The Morgan fingerprint density at radius 1 is 1.09 bits per heavy atom. The van der Waals surface area contributed by atoms with Crippen molar-refractivity contribution in [2.45, 2.75) is 31.1 Å². The molecule has 0 unspecified atom stereocenters. The average Bonchev–Trinajstić information content (AvgIpc) is 3.43. The van der Waals surface area contributed by atoms with Gasteiger partial charge in [-0.05, 0) is 47.0 Å². The normalized spacial score (nSPS) is 21.2. The van der Waals surface area contributed by atoms with Gasteiger partial charge < -0.3 is 5.32 Å². The molecule has 5 nitrogen and oxygen atoms in total. The number of thiophene rings is 2. The number of hydrogen-bond acceptors (Lipinski definition) is 5. The summed E-state index contributed by atoms with van der Waals surface area (Å²) in [5.41, 5.74) is 1.37. The fraction of sp³-hybridized carbons (Fsp3) is 0.304. The fourth-order valence-corrected chi connectivity index (χ4v) is 6.34. The van der Waals surface area contributed by atoms with Crippen LogP contribution in [-0.4, -0.2) is 42.0 Å². The molecule has 2 amide bonds. The van der Waals surface area contributed by atoms with E-state index in [0.29, 0.717) is 6.54 Å². The SMILES string of the molecule is O=C1C[C@H](C(F)(F)F)N(C(=O)CN2CCc3sccc3[C@H]2c2cccs2)c2ccccc2N1. The number of hydrogen-bond donors (Lipinski definition) is 1. The van der Waals surface area contributed by atoms with Crippen LogP contribution in [0, 0.1) is 0 Å². The molecule has 0 bridgehead atoms. The van der Waals surface area contributed by atoms with E-state index in [1.807, 2.05) is 33.9 Å². The third-order valence-corrected chi connectivity index (χ3v) is 7.91.